The number of benzene rings is 1. The molecule has 6 nitrogen and oxygen atoms in total. The second kappa shape index (κ2) is 7.40. The van der Waals surface area contributed by atoms with Crippen LogP contribution in [0.5, 0.6) is 0 Å². The summed E-state index contributed by atoms with van der Waals surface area (Å²) in [6, 6.07) is 9.34. The molecule has 0 spiro atoms. The van der Waals surface area contributed by atoms with Crippen molar-refractivity contribution in [1.82, 2.24) is 10.3 Å². The van der Waals surface area contributed by atoms with Gasteiger partial charge in [-0.3, -0.25) is 9.78 Å². The molecule has 6 heteroatoms. The first-order chi connectivity index (χ1) is 11.0. The minimum Gasteiger partial charge on any atom is -0.465 e. The number of methoxy groups -OCH3 is 1. The van der Waals surface area contributed by atoms with Gasteiger partial charge in [-0.2, -0.15) is 0 Å². The molecule has 0 unspecified atom stereocenters. The lowest BCUT2D eigenvalue weighted by Gasteiger charge is -2.14. The normalized spacial score (nSPS) is 10.0. The van der Waals surface area contributed by atoms with Crippen LogP contribution in [-0.2, 0) is 11.3 Å². The molecular formula is C17H19N3O3. The Bertz CT molecular complexity index is 714. The van der Waals surface area contributed by atoms with Crippen LogP contribution in [0.15, 0.2) is 42.7 Å². The summed E-state index contributed by atoms with van der Waals surface area (Å²) in [5.41, 5.74) is 2.61. The number of pyridine rings is 1. The molecule has 1 heterocycles. The van der Waals surface area contributed by atoms with E-state index >= 15 is 0 Å². The average molecular weight is 313 g/mol. The fourth-order valence-electron chi connectivity index (χ4n) is 2.02. The van der Waals surface area contributed by atoms with Gasteiger partial charge in [0.1, 0.15) is 0 Å². The third-order valence-electron chi connectivity index (χ3n) is 3.30. The van der Waals surface area contributed by atoms with Crippen LogP contribution >= 0.6 is 0 Å². The van der Waals surface area contributed by atoms with Gasteiger partial charge in [-0.15, -0.1) is 0 Å². The van der Waals surface area contributed by atoms with Gasteiger partial charge in [0.25, 0.3) is 5.91 Å². The number of nitrogens with one attached hydrogen (secondary N) is 1. The number of ether oxygens (including phenoxy) is 1. The SMILES string of the molecule is COC(=O)c1cncc(C(=O)NCc2cccc(N(C)C)c2)c1. The molecule has 0 aliphatic heterocycles. The first-order valence-corrected chi connectivity index (χ1v) is 7.09. The highest BCUT2D eigenvalue weighted by molar-refractivity contribution is 5.97. The summed E-state index contributed by atoms with van der Waals surface area (Å²) in [5, 5.41) is 2.82. The number of aromatic nitrogens is 1. The molecule has 0 radical (unpaired) electrons. The number of rotatable bonds is 5. The quantitative estimate of drug-likeness (QED) is 0.853. The van der Waals surface area contributed by atoms with Crippen molar-refractivity contribution in [2.45, 2.75) is 6.54 Å². The minimum atomic E-state index is -0.522. The molecule has 0 atom stereocenters. The molecule has 23 heavy (non-hydrogen) atoms. The van der Waals surface area contributed by atoms with Gasteiger partial charge in [0.05, 0.1) is 18.2 Å². The van der Waals surface area contributed by atoms with Gasteiger partial charge in [-0.1, -0.05) is 12.1 Å². The highest BCUT2D eigenvalue weighted by Crippen LogP contribution is 2.13. The number of hydrogen-bond donors (Lipinski definition) is 1. The largest absolute Gasteiger partial charge is 0.465 e. The first kappa shape index (κ1) is 16.5. The molecule has 2 rings (SSSR count). The van der Waals surface area contributed by atoms with Gasteiger partial charge < -0.3 is 15.0 Å². The molecule has 1 aromatic carbocycles. The van der Waals surface area contributed by atoms with E-state index in [4.69, 9.17) is 0 Å². The number of nitrogens with zero attached hydrogens (tertiary/aromatic N) is 2. The Morgan fingerprint density at radius 3 is 2.61 bits per heavy atom. The van der Waals surface area contributed by atoms with E-state index in [1.807, 2.05) is 43.3 Å². The number of carbonyl (C=O) groups is 2. The maximum absolute atomic E-state index is 12.2. The second-order valence-electron chi connectivity index (χ2n) is 5.20. The van der Waals surface area contributed by atoms with Crippen molar-refractivity contribution >= 4 is 17.6 Å². The smallest absolute Gasteiger partial charge is 0.339 e. The van der Waals surface area contributed by atoms with Crippen LogP contribution in [0.3, 0.4) is 0 Å². The lowest BCUT2D eigenvalue weighted by atomic mass is 10.1. The summed E-state index contributed by atoms with van der Waals surface area (Å²) in [7, 11) is 5.20. The van der Waals surface area contributed by atoms with Crippen molar-refractivity contribution in [3.05, 3.63) is 59.4 Å². The van der Waals surface area contributed by atoms with E-state index in [0.29, 0.717) is 12.1 Å². The second-order valence-corrected chi connectivity index (χ2v) is 5.20. The van der Waals surface area contributed by atoms with E-state index < -0.39 is 5.97 Å². The zero-order valence-corrected chi connectivity index (χ0v) is 13.4. The molecule has 1 amide bonds. The van der Waals surface area contributed by atoms with E-state index in [0.717, 1.165) is 11.3 Å². The molecule has 1 aromatic heterocycles. The van der Waals surface area contributed by atoms with Crippen LogP contribution in [0.25, 0.3) is 0 Å². The van der Waals surface area contributed by atoms with Crippen LogP contribution in [0.1, 0.15) is 26.3 Å². The summed E-state index contributed by atoms with van der Waals surface area (Å²) in [6.07, 6.45) is 2.78. The fourth-order valence-corrected chi connectivity index (χ4v) is 2.02. The highest BCUT2D eigenvalue weighted by Gasteiger charge is 2.11. The van der Waals surface area contributed by atoms with Crippen LogP contribution in [-0.4, -0.2) is 38.1 Å². The molecule has 0 aliphatic carbocycles. The van der Waals surface area contributed by atoms with Gasteiger partial charge in [-0.05, 0) is 23.8 Å². The van der Waals surface area contributed by atoms with Gasteiger partial charge in [-0.25, -0.2) is 4.79 Å². The molecule has 0 saturated heterocycles. The van der Waals surface area contributed by atoms with Crippen molar-refractivity contribution in [3.8, 4) is 0 Å². The van der Waals surface area contributed by atoms with Gasteiger partial charge in [0, 0.05) is 38.7 Å². The van der Waals surface area contributed by atoms with E-state index in [1.165, 1.54) is 25.6 Å². The molecule has 0 fully saturated rings. The molecule has 1 N–H and O–H groups in total. The Hall–Kier alpha value is -2.89. The van der Waals surface area contributed by atoms with Gasteiger partial charge in [0.15, 0.2) is 0 Å². The number of carbonyl (C=O) groups excluding carboxylic acids is 2. The molecule has 0 bridgehead atoms. The molecule has 0 aliphatic rings. The summed E-state index contributed by atoms with van der Waals surface area (Å²) in [5.74, 6) is -0.815. The molecule has 0 saturated carbocycles. The maximum atomic E-state index is 12.2. The fraction of sp³-hybridized carbons (Fsp3) is 0.235. The van der Waals surface area contributed by atoms with Crippen LogP contribution < -0.4 is 10.2 Å². The van der Waals surface area contributed by atoms with Crippen LogP contribution in [0, 0.1) is 0 Å². The Labute approximate surface area is 135 Å². The summed E-state index contributed by atoms with van der Waals surface area (Å²) in [6.45, 7) is 0.392. The minimum absolute atomic E-state index is 0.245. The van der Waals surface area contributed by atoms with Gasteiger partial charge >= 0.3 is 5.97 Å². The summed E-state index contributed by atoms with van der Waals surface area (Å²) < 4.78 is 4.62. The zero-order chi connectivity index (χ0) is 16.8. The number of amides is 1. The van der Waals surface area contributed by atoms with Crippen molar-refractivity contribution in [2.75, 3.05) is 26.1 Å². The van der Waals surface area contributed by atoms with Crippen molar-refractivity contribution in [2.24, 2.45) is 0 Å². The highest BCUT2D eigenvalue weighted by atomic mass is 16.5. The predicted octanol–water partition coefficient (Wildman–Crippen LogP) is 1.86. The lowest BCUT2D eigenvalue weighted by molar-refractivity contribution is 0.0600. The molecule has 120 valence electrons. The summed E-state index contributed by atoms with van der Waals surface area (Å²) in [4.78, 5) is 29.6. The van der Waals surface area contributed by atoms with E-state index in [1.54, 1.807) is 0 Å². The third kappa shape index (κ3) is 4.29. The van der Waals surface area contributed by atoms with E-state index in [-0.39, 0.29) is 11.5 Å². The van der Waals surface area contributed by atoms with E-state index in [2.05, 4.69) is 15.0 Å². The number of anilines is 1. The Morgan fingerprint density at radius 1 is 1.17 bits per heavy atom. The Kier molecular flexibility index (Phi) is 5.30. The predicted molar refractivity (Wildman–Crippen MR) is 87.5 cm³/mol. The van der Waals surface area contributed by atoms with Crippen molar-refractivity contribution in [3.63, 3.8) is 0 Å². The monoisotopic (exact) mass is 313 g/mol. The molecular weight excluding hydrogens is 294 g/mol. The number of esters is 1. The average Bonchev–Trinajstić information content (AvgIpc) is 2.59. The van der Waals surface area contributed by atoms with Crippen molar-refractivity contribution < 1.29 is 14.3 Å². The lowest BCUT2D eigenvalue weighted by Crippen LogP contribution is -2.23. The van der Waals surface area contributed by atoms with Crippen LogP contribution in [0.4, 0.5) is 5.69 Å². The van der Waals surface area contributed by atoms with Crippen LogP contribution in [0.2, 0.25) is 0 Å². The number of hydrogen-bond acceptors (Lipinski definition) is 5. The van der Waals surface area contributed by atoms with Crippen molar-refractivity contribution in [1.29, 1.82) is 0 Å². The Morgan fingerprint density at radius 2 is 1.91 bits per heavy atom. The first-order valence-electron chi connectivity index (χ1n) is 7.09. The molecule has 2 aromatic rings. The Balaban J connectivity index is 2.05. The van der Waals surface area contributed by atoms with E-state index in [9.17, 15) is 9.59 Å². The maximum Gasteiger partial charge on any atom is 0.339 e. The third-order valence-corrected chi connectivity index (χ3v) is 3.30. The zero-order valence-electron chi connectivity index (χ0n) is 13.4. The summed E-state index contributed by atoms with van der Waals surface area (Å²) >= 11 is 0. The topological polar surface area (TPSA) is 71.5 Å². The standard InChI is InChI=1S/C17H19N3O3/c1-20(2)15-6-4-5-12(7-15)9-19-16(21)13-8-14(11-18-10-13)17(22)23-3/h4-8,10-11H,9H2,1-3H3,(H,19,21). The van der Waals surface area contributed by atoms with Gasteiger partial charge in [0.2, 0.25) is 0 Å².